The van der Waals surface area contributed by atoms with Gasteiger partial charge in [0.2, 0.25) is 0 Å². The third kappa shape index (κ3) is 3.62. The zero-order valence-electron chi connectivity index (χ0n) is 11.1. The zero-order chi connectivity index (χ0) is 15.3. The molecule has 1 unspecified atom stereocenters. The van der Waals surface area contributed by atoms with E-state index < -0.39 is 12.0 Å². The Kier molecular flexibility index (Phi) is 4.92. The number of urea groups is 1. The SMILES string of the molecule is CC(CC#N)N(C)C(=O)Nc1ccc(O)cc1C(=O)O. The predicted molar refractivity (Wildman–Crippen MR) is 71.5 cm³/mol. The van der Waals surface area contributed by atoms with Crippen molar-refractivity contribution in [2.75, 3.05) is 12.4 Å². The van der Waals surface area contributed by atoms with Gasteiger partial charge in [0.1, 0.15) is 5.75 Å². The number of rotatable bonds is 4. The van der Waals surface area contributed by atoms with Gasteiger partial charge in [0.15, 0.2) is 0 Å². The molecule has 0 bridgehead atoms. The normalized spacial score (nSPS) is 11.2. The van der Waals surface area contributed by atoms with E-state index in [-0.39, 0.29) is 29.5 Å². The van der Waals surface area contributed by atoms with Gasteiger partial charge in [0.05, 0.1) is 23.7 Å². The van der Waals surface area contributed by atoms with Crippen LogP contribution in [0.1, 0.15) is 23.7 Å². The summed E-state index contributed by atoms with van der Waals surface area (Å²) in [5.41, 5.74) is -0.129. The third-order valence-electron chi connectivity index (χ3n) is 2.84. The number of amides is 2. The molecule has 1 aromatic rings. The molecule has 0 aliphatic carbocycles. The van der Waals surface area contributed by atoms with Crippen molar-refractivity contribution in [3.05, 3.63) is 23.8 Å². The van der Waals surface area contributed by atoms with Crippen LogP contribution < -0.4 is 5.32 Å². The molecule has 0 fully saturated rings. The van der Waals surface area contributed by atoms with E-state index in [1.807, 2.05) is 6.07 Å². The molecule has 3 N–H and O–H groups in total. The van der Waals surface area contributed by atoms with Crippen LogP contribution in [0.4, 0.5) is 10.5 Å². The molecule has 0 heterocycles. The Morgan fingerprint density at radius 2 is 2.15 bits per heavy atom. The van der Waals surface area contributed by atoms with Crippen LogP contribution in [0.15, 0.2) is 18.2 Å². The molecule has 7 heteroatoms. The molecule has 0 radical (unpaired) electrons. The van der Waals surface area contributed by atoms with Crippen molar-refractivity contribution in [1.29, 1.82) is 5.26 Å². The summed E-state index contributed by atoms with van der Waals surface area (Å²) in [4.78, 5) is 24.3. The van der Waals surface area contributed by atoms with Crippen molar-refractivity contribution in [3.8, 4) is 11.8 Å². The summed E-state index contributed by atoms with van der Waals surface area (Å²) in [6.07, 6.45) is 0.172. The molecule has 0 aromatic heterocycles. The molecule has 1 atom stereocenters. The van der Waals surface area contributed by atoms with E-state index in [4.69, 9.17) is 10.4 Å². The molecule has 0 saturated heterocycles. The lowest BCUT2D eigenvalue weighted by atomic mass is 10.1. The topological polar surface area (TPSA) is 114 Å². The summed E-state index contributed by atoms with van der Waals surface area (Å²) in [7, 11) is 1.51. The first-order chi connectivity index (χ1) is 9.36. The molecule has 1 rings (SSSR count). The highest BCUT2D eigenvalue weighted by atomic mass is 16.4. The minimum Gasteiger partial charge on any atom is -0.508 e. The number of carboxylic acids is 1. The summed E-state index contributed by atoms with van der Waals surface area (Å²) in [5.74, 6) is -1.46. The van der Waals surface area contributed by atoms with E-state index in [1.165, 1.54) is 24.1 Å². The Morgan fingerprint density at radius 1 is 1.50 bits per heavy atom. The Morgan fingerprint density at radius 3 is 2.70 bits per heavy atom. The molecule has 2 amide bonds. The van der Waals surface area contributed by atoms with Gasteiger partial charge in [-0.2, -0.15) is 5.26 Å². The summed E-state index contributed by atoms with van der Waals surface area (Å²) in [5, 5.41) is 29.3. The second-order valence-electron chi connectivity index (χ2n) is 4.29. The summed E-state index contributed by atoms with van der Waals surface area (Å²) >= 11 is 0. The summed E-state index contributed by atoms with van der Waals surface area (Å²) in [6.45, 7) is 1.71. The van der Waals surface area contributed by atoms with E-state index in [0.717, 1.165) is 6.07 Å². The van der Waals surface area contributed by atoms with Gasteiger partial charge in [0.25, 0.3) is 0 Å². The van der Waals surface area contributed by atoms with Crippen LogP contribution in [0.5, 0.6) is 5.75 Å². The maximum absolute atomic E-state index is 11.9. The molecule has 7 nitrogen and oxygen atoms in total. The number of phenols is 1. The molecule has 0 aliphatic heterocycles. The number of carbonyl (C=O) groups excluding carboxylic acids is 1. The Hall–Kier alpha value is -2.75. The van der Waals surface area contributed by atoms with E-state index >= 15 is 0 Å². The number of hydrogen-bond acceptors (Lipinski definition) is 4. The molecular weight excluding hydrogens is 262 g/mol. The first-order valence-corrected chi connectivity index (χ1v) is 5.84. The number of hydrogen-bond donors (Lipinski definition) is 3. The van der Waals surface area contributed by atoms with Crippen LogP contribution in [0.25, 0.3) is 0 Å². The number of phenolic OH excluding ortho intramolecular Hbond substituents is 1. The Labute approximate surface area is 116 Å². The third-order valence-corrected chi connectivity index (χ3v) is 2.84. The lowest BCUT2D eigenvalue weighted by molar-refractivity contribution is 0.0697. The minimum absolute atomic E-state index is 0.0799. The monoisotopic (exact) mass is 277 g/mol. The fourth-order valence-electron chi connectivity index (χ4n) is 1.49. The zero-order valence-corrected chi connectivity index (χ0v) is 11.1. The number of aromatic carboxylic acids is 1. The number of nitriles is 1. The van der Waals surface area contributed by atoms with Gasteiger partial charge < -0.3 is 20.4 Å². The smallest absolute Gasteiger partial charge is 0.337 e. The van der Waals surface area contributed by atoms with Gasteiger partial charge in [-0.15, -0.1) is 0 Å². The highest BCUT2D eigenvalue weighted by Gasteiger charge is 2.18. The summed E-state index contributed by atoms with van der Waals surface area (Å²) in [6, 6.07) is 4.76. The lowest BCUT2D eigenvalue weighted by Crippen LogP contribution is -2.38. The standard InChI is InChI=1S/C13H15N3O4/c1-8(5-6-14)16(2)13(20)15-11-4-3-9(17)7-10(11)12(18)19/h3-4,7-8,17H,5H2,1-2H3,(H,15,20)(H,18,19). The number of aromatic hydroxyl groups is 1. The van der Waals surface area contributed by atoms with Gasteiger partial charge in [-0.1, -0.05) is 0 Å². The first-order valence-electron chi connectivity index (χ1n) is 5.84. The highest BCUT2D eigenvalue weighted by molar-refractivity contribution is 6.00. The van der Waals surface area contributed by atoms with E-state index in [1.54, 1.807) is 6.92 Å². The van der Waals surface area contributed by atoms with Gasteiger partial charge in [0, 0.05) is 13.1 Å². The lowest BCUT2D eigenvalue weighted by Gasteiger charge is -2.23. The van der Waals surface area contributed by atoms with Crippen LogP contribution in [0.2, 0.25) is 0 Å². The summed E-state index contributed by atoms with van der Waals surface area (Å²) < 4.78 is 0. The van der Waals surface area contributed by atoms with Gasteiger partial charge in [-0.05, 0) is 25.1 Å². The molecule has 20 heavy (non-hydrogen) atoms. The molecule has 0 aliphatic rings. The van der Waals surface area contributed by atoms with E-state index in [2.05, 4.69) is 5.32 Å². The molecule has 106 valence electrons. The van der Waals surface area contributed by atoms with Crippen molar-refractivity contribution >= 4 is 17.7 Å². The van der Waals surface area contributed by atoms with Crippen molar-refractivity contribution in [1.82, 2.24) is 4.90 Å². The second kappa shape index (κ2) is 6.43. The molecular formula is C13H15N3O4. The number of nitrogens with one attached hydrogen (secondary N) is 1. The fourth-order valence-corrected chi connectivity index (χ4v) is 1.49. The number of anilines is 1. The first kappa shape index (κ1) is 15.3. The fraction of sp³-hybridized carbons (Fsp3) is 0.308. The molecule has 0 saturated carbocycles. The van der Waals surface area contributed by atoms with Crippen LogP contribution >= 0.6 is 0 Å². The van der Waals surface area contributed by atoms with Gasteiger partial charge >= 0.3 is 12.0 Å². The maximum atomic E-state index is 11.9. The van der Waals surface area contributed by atoms with Crippen molar-refractivity contribution in [3.63, 3.8) is 0 Å². The predicted octanol–water partition coefficient (Wildman–Crippen LogP) is 1.86. The second-order valence-corrected chi connectivity index (χ2v) is 4.29. The Bertz CT molecular complexity index is 565. The highest BCUT2D eigenvalue weighted by Crippen LogP contribution is 2.21. The van der Waals surface area contributed by atoms with Crippen LogP contribution in [-0.2, 0) is 0 Å². The maximum Gasteiger partial charge on any atom is 0.337 e. The average Bonchev–Trinajstić information content (AvgIpc) is 2.39. The van der Waals surface area contributed by atoms with Crippen LogP contribution in [0, 0.1) is 11.3 Å². The molecule has 1 aromatic carbocycles. The Balaban J connectivity index is 2.91. The van der Waals surface area contributed by atoms with Crippen LogP contribution in [-0.4, -0.2) is 40.2 Å². The van der Waals surface area contributed by atoms with Gasteiger partial charge in [-0.25, -0.2) is 9.59 Å². The quantitative estimate of drug-likeness (QED) is 0.727. The molecule has 0 spiro atoms. The van der Waals surface area contributed by atoms with Crippen molar-refractivity contribution in [2.24, 2.45) is 0 Å². The number of nitrogens with zero attached hydrogens (tertiary/aromatic N) is 2. The van der Waals surface area contributed by atoms with Gasteiger partial charge in [-0.3, -0.25) is 0 Å². The average molecular weight is 277 g/mol. The van der Waals surface area contributed by atoms with E-state index in [9.17, 15) is 14.7 Å². The number of carboxylic acid groups (broad SMARTS) is 1. The number of carbonyl (C=O) groups is 2. The van der Waals surface area contributed by atoms with Crippen molar-refractivity contribution in [2.45, 2.75) is 19.4 Å². The minimum atomic E-state index is -1.26. The number of benzene rings is 1. The largest absolute Gasteiger partial charge is 0.508 e. The van der Waals surface area contributed by atoms with E-state index in [0.29, 0.717) is 0 Å². The van der Waals surface area contributed by atoms with Crippen LogP contribution in [0.3, 0.4) is 0 Å². The van der Waals surface area contributed by atoms with Crippen molar-refractivity contribution < 1.29 is 19.8 Å².